The number of ether oxygens (including phenoxy) is 1. The third-order valence-corrected chi connectivity index (χ3v) is 3.63. The second kappa shape index (κ2) is 7.27. The summed E-state index contributed by atoms with van der Waals surface area (Å²) in [6.07, 6.45) is 0. The van der Waals surface area contributed by atoms with Crippen molar-refractivity contribution in [2.75, 3.05) is 5.32 Å². The summed E-state index contributed by atoms with van der Waals surface area (Å²) < 4.78 is 11.4. The lowest BCUT2D eigenvalue weighted by Gasteiger charge is -2.10. The first-order chi connectivity index (χ1) is 11.6. The number of nitrogens with zero attached hydrogens (tertiary/aromatic N) is 2. The van der Waals surface area contributed by atoms with Gasteiger partial charge in [-0.3, -0.25) is 4.79 Å². The molecule has 2 aromatic carbocycles. The van der Waals surface area contributed by atoms with Crippen LogP contribution in [0, 0.1) is 6.92 Å². The SMILES string of the molecule is Cc1nc(COc2ccccc2C(=O)Nc2cccc(Br)c2)no1. The van der Waals surface area contributed by atoms with Crippen molar-refractivity contribution in [3.63, 3.8) is 0 Å². The van der Waals surface area contributed by atoms with Crippen LogP contribution in [0.5, 0.6) is 5.75 Å². The molecule has 1 amide bonds. The standard InChI is InChI=1S/C17H14BrN3O3/c1-11-19-16(21-24-11)10-23-15-8-3-2-7-14(15)17(22)20-13-6-4-5-12(18)9-13/h2-9H,10H2,1H3,(H,20,22). The number of nitrogens with one attached hydrogen (secondary N) is 1. The monoisotopic (exact) mass is 387 g/mol. The topological polar surface area (TPSA) is 77.2 Å². The van der Waals surface area contributed by atoms with Crippen LogP contribution in [0.15, 0.2) is 57.5 Å². The highest BCUT2D eigenvalue weighted by Crippen LogP contribution is 2.22. The average molecular weight is 388 g/mol. The molecule has 3 rings (SSSR count). The first-order valence-electron chi connectivity index (χ1n) is 7.20. The molecule has 0 atom stereocenters. The smallest absolute Gasteiger partial charge is 0.259 e. The Bertz CT molecular complexity index is 864. The van der Waals surface area contributed by atoms with Crippen LogP contribution in [-0.4, -0.2) is 16.0 Å². The molecular weight excluding hydrogens is 374 g/mol. The summed E-state index contributed by atoms with van der Waals surface area (Å²) >= 11 is 3.38. The third kappa shape index (κ3) is 3.99. The molecule has 3 aromatic rings. The number of benzene rings is 2. The van der Waals surface area contributed by atoms with Gasteiger partial charge in [0.15, 0.2) is 6.61 Å². The number of amides is 1. The Morgan fingerprint density at radius 1 is 1.25 bits per heavy atom. The van der Waals surface area contributed by atoms with Gasteiger partial charge in [-0.1, -0.05) is 39.3 Å². The zero-order valence-corrected chi connectivity index (χ0v) is 14.4. The molecule has 0 bridgehead atoms. The first-order valence-corrected chi connectivity index (χ1v) is 7.99. The average Bonchev–Trinajstić information content (AvgIpc) is 2.99. The van der Waals surface area contributed by atoms with E-state index in [-0.39, 0.29) is 12.5 Å². The quantitative estimate of drug-likeness (QED) is 0.716. The number of aryl methyl sites for hydroxylation is 1. The maximum absolute atomic E-state index is 12.5. The molecule has 0 unspecified atom stereocenters. The molecule has 122 valence electrons. The first kappa shape index (κ1) is 16.2. The number of carbonyl (C=O) groups excluding carboxylic acids is 1. The van der Waals surface area contributed by atoms with Crippen LogP contribution in [0.4, 0.5) is 5.69 Å². The van der Waals surface area contributed by atoms with Crippen molar-refractivity contribution in [2.24, 2.45) is 0 Å². The molecule has 0 aliphatic rings. The van der Waals surface area contributed by atoms with Crippen molar-refractivity contribution in [3.05, 3.63) is 70.3 Å². The molecule has 0 spiro atoms. The van der Waals surface area contributed by atoms with Crippen molar-refractivity contribution in [2.45, 2.75) is 13.5 Å². The lowest BCUT2D eigenvalue weighted by molar-refractivity contribution is 0.102. The van der Waals surface area contributed by atoms with E-state index in [4.69, 9.17) is 9.26 Å². The highest BCUT2D eigenvalue weighted by Gasteiger charge is 2.13. The molecular formula is C17H14BrN3O3. The second-order valence-corrected chi connectivity index (χ2v) is 5.89. The Balaban J connectivity index is 1.74. The summed E-state index contributed by atoms with van der Waals surface area (Å²) in [6.45, 7) is 1.83. The van der Waals surface area contributed by atoms with Crippen molar-refractivity contribution in [1.29, 1.82) is 0 Å². The number of hydrogen-bond donors (Lipinski definition) is 1. The van der Waals surface area contributed by atoms with E-state index < -0.39 is 0 Å². The fourth-order valence-corrected chi connectivity index (χ4v) is 2.49. The van der Waals surface area contributed by atoms with Crippen molar-refractivity contribution in [1.82, 2.24) is 10.1 Å². The van der Waals surface area contributed by atoms with Gasteiger partial charge in [0, 0.05) is 17.1 Å². The van der Waals surface area contributed by atoms with E-state index in [1.165, 1.54) is 0 Å². The van der Waals surface area contributed by atoms with Gasteiger partial charge in [0.25, 0.3) is 5.91 Å². The summed E-state index contributed by atoms with van der Waals surface area (Å²) in [6, 6.07) is 14.4. The Morgan fingerprint density at radius 2 is 2.08 bits per heavy atom. The van der Waals surface area contributed by atoms with Crippen LogP contribution in [0.2, 0.25) is 0 Å². The van der Waals surface area contributed by atoms with Gasteiger partial charge in [-0.05, 0) is 30.3 Å². The summed E-state index contributed by atoms with van der Waals surface area (Å²) in [5, 5.41) is 6.61. The predicted octanol–water partition coefficient (Wildman–Crippen LogP) is 3.97. The maximum Gasteiger partial charge on any atom is 0.259 e. The van der Waals surface area contributed by atoms with Crippen molar-refractivity contribution in [3.8, 4) is 5.75 Å². The zero-order chi connectivity index (χ0) is 16.9. The predicted molar refractivity (Wildman–Crippen MR) is 91.9 cm³/mol. The molecule has 0 saturated carbocycles. The van der Waals surface area contributed by atoms with Crippen LogP contribution in [0.1, 0.15) is 22.1 Å². The van der Waals surface area contributed by atoms with Gasteiger partial charge in [-0.15, -0.1) is 0 Å². The molecule has 24 heavy (non-hydrogen) atoms. The molecule has 1 aromatic heterocycles. The number of rotatable bonds is 5. The molecule has 0 fully saturated rings. The molecule has 0 aliphatic carbocycles. The van der Waals surface area contributed by atoms with Gasteiger partial charge in [-0.25, -0.2) is 0 Å². The molecule has 0 radical (unpaired) electrons. The van der Waals surface area contributed by atoms with E-state index >= 15 is 0 Å². The van der Waals surface area contributed by atoms with Crippen LogP contribution >= 0.6 is 15.9 Å². The van der Waals surface area contributed by atoms with Gasteiger partial charge < -0.3 is 14.6 Å². The lowest BCUT2D eigenvalue weighted by atomic mass is 10.2. The minimum atomic E-state index is -0.256. The highest BCUT2D eigenvalue weighted by molar-refractivity contribution is 9.10. The van der Waals surface area contributed by atoms with E-state index in [0.29, 0.717) is 28.7 Å². The summed E-state index contributed by atoms with van der Waals surface area (Å²) in [5.41, 5.74) is 1.12. The third-order valence-electron chi connectivity index (χ3n) is 3.14. The normalized spacial score (nSPS) is 10.4. The molecule has 0 saturated heterocycles. The number of aromatic nitrogens is 2. The van der Waals surface area contributed by atoms with Crippen LogP contribution in [0.25, 0.3) is 0 Å². The summed E-state index contributed by atoms with van der Waals surface area (Å²) in [4.78, 5) is 16.6. The summed E-state index contributed by atoms with van der Waals surface area (Å²) in [5.74, 6) is 1.09. The van der Waals surface area contributed by atoms with Crippen molar-refractivity contribution >= 4 is 27.5 Å². The fourth-order valence-electron chi connectivity index (χ4n) is 2.09. The van der Waals surface area contributed by atoms with Gasteiger partial charge in [0.05, 0.1) is 5.56 Å². The van der Waals surface area contributed by atoms with Gasteiger partial charge in [0.1, 0.15) is 5.75 Å². The highest BCUT2D eigenvalue weighted by atomic mass is 79.9. The van der Waals surface area contributed by atoms with Crippen LogP contribution in [0.3, 0.4) is 0 Å². The van der Waals surface area contributed by atoms with Gasteiger partial charge in [0.2, 0.25) is 11.7 Å². The molecule has 6 nitrogen and oxygen atoms in total. The maximum atomic E-state index is 12.5. The van der Waals surface area contributed by atoms with E-state index in [0.717, 1.165) is 4.47 Å². The Morgan fingerprint density at radius 3 is 2.83 bits per heavy atom. The van der Waals surface area contributed by atoms with Crippen LogP contribution in [-0.2, 0) is 6.61 Å². The molecule has 1 N–H and O–H groups in total. The molecule has 1 heterocycles. The fraction of sp³-hybridized carbons (Fsp3) is 0.118. The largest absolute Gasteiger partial charge is 0.485 e. The zero-order valence-electron chi connectivity index (χ0n) is 12.8. The molecule has 7 heteroatoms. The minimum absolute atomic E-state index is 0.124. The van der Waals surface area contributed by atoms with Gasteiger partial charge in [-0.2, -0.15) is 4.98 Å². The van der Waals surface area contributed by atoms with E-state index in [1.54, 1.807) is 31.2 Å². The number of carbonyl (C=O) groups is 1. The second-order valence-electron chi connectivity index (χ2n) is 4.98. The number of para-hydroxylation sites is 1. The summed E-state index contributed by atoms with van der Waals surface area (Å²) in [7, 11) is 0. The lowest BCUT2D eigenvalue weighted by Crippen LogP contribution is -2.13. The number of anilines is 1. The Labute approximate surface area is 147 Å². The van der Waals surface area contributed by atoms with Crippen LogP contribution < -0.4 is 10.1 Å². The minimum Gasteiger partial charge on any atom is -0.485 e. The number of hydrogen-bond acceptors (Lipinski definition) is 5. The van der Waals surface area contributed by atoms with E-state index in [2.05, 4.69) is 31.4 Å². The molecule has 0 aliphatic heterocycles. The van der Waals surface area contributed by atoms with Gasteiger partial charge >= 0.3 is 0 Å². The number of halogens is 1. The Hall–Kier alpha value is -2.67. The Kier molecular flexibility index (Phi) is 4.90. The van der Waals surface area contributed by atoms with E-state index in [9.17, 15) is 4.79 Å². The van der Waals surface area contributed by atoms with Crippen molar-refractivity contribution < 1.29 is 14.1 Å². The van der Waals surface area contributed by atoms with E-state index in [1.807, 2.05) is 24.3 Å².